The zero-order valence-corrected chi connectivity index (χ0v) is 13.0. The highest BCUT2D eigenvalue weighted by Crippen LogP contribution is 2.34. The fourth-order valence-electron chi connectivity index (χ4n) is 3.31. The van der Waals surface area contributed by atoms with E-state index in [1.165, 1.54) is 31.2 Å². The molecule has 3 nitrogen and oxygen atoms in total. The van der Waals surface area contributed by atoms with E-state index < -0.39 is 0 Å². The van der Waals surface area contributed by atoms with E-state index in [9.17, 15) is 0 Å². The van der Waals surface area contributed by atoms with Gasteiger partial charge in [0.15, 0.2) is 0 Å². The van der Waals surface area contributed by atoms with Crippen molar-refractivity contribution in [2.24, 2.45) is 0 Å². The normalized spacial score (nSPS) is 22.4. The van der Waals surface area contributed by atoms with Crippen molar-refractivity contribution in [2.45, 2.75) is 57.5 Å². The zero-order valence-electron chi connectivity index (χ0n) is 13.0. The molecule has 1 heterocycles. The molecule has 3 heteroatoms. The molecule has 2 aromatic rings. The molecule has 0 amide bonds. The molecule has 1 fully saturated rings. The van der Waals surface area contributed by atoms with Crippen LogP contribution in [0.4, 0.5) is 5.69 Å². The lowest BCUT2D eigenvalue weighted by atomic mass is 9.80. The first kappa shape index (κ1) is 14.2. The molecule has 1 aromatic carbocycles. The molecule has 0 radical (unpaired) electrons. The second kappa shape index (κ2) is 6.33. The number of aromatic nitrogens is 2. The van der Waals surface area contributed by atoms with Gasteiger partial charge in [-0.05, 0) is 32.3 Å². The first-order chi connectivity index (χ1) is 10.2. The maximum absolute atomic E-state index is 4.43. The molecule has 3 rings (SSSR count). The molecule has 0 bridgehead atoms. The second-order valence-corrected chi connectivity index (χ2v) is 6.36. The Kier molecular flexibility index (Phi) is 4.28. The average Bonchev–Trinajstić information content (AvgIpc) is 2.98. The number of nitrogens with one attached hydrogen (secondary N) is 1. The molecule has 2 unspecified atom stereocenters. The summed E-state index contributed by atoms with van der Waals surface area (Å²) in [5.41, 5.74) is 2.61. The summed E-state index contributed by atoms with van der Waals surface area (Å²) in [6, 6.07) is 11.9. The first-order valence-electron chi connectivity index (χ1n) is 8.09. The molecule has 1 aromatic heterocycles. The Morgan fingerprint density at radius 2 is 1.90 bits per heavy atom. The van der Waals surface area contributed by atoms with E-state index in [1.54, 1.807) is 0 Å². The quantitative estimate of drug-likeness (QED) is 0.888. The molecule has 1 saturated carbocycles. The van der Waals surface area contributed by atoms with Crippen LogP contribution >= 0.6 is 0 Å². The Hall–Kier alpha value is -1.77. The number of hydrogen-bond donors (Lipinski definition) is 1. The van der Waals surface area contributed by atoms with Crippen molar-refractivity contribution in [3.05, 3.63) is 48.3 Å². The van der Waals surface area contributed by atoms with Gasteiger partial charge in [0.1, 0.15) is 0 Å². The van der Waals surface area contributed by atoms with E-state index in [0.29, 0.717) is 18.0 Å². The molecule has 21 heavy (non-hydrogen) atoms. The van der Waals surface area contributed by atoms with Crippen molar-refractivity contribution in [3.8, 4) is 0 Å². The number of anilines is 1. The van der Waals surface area contributed by atoms with Crippen molar-refractivity contribution in [3.63, 3.8) is 0 Å². The van der Waals surface area contributed by atoms with Crippen LogP contribution in [0.3, 0.4) is 0 Å². The number of benzene rings is 1. The van der Waals surface area contributed by atoms with Crippen LogP contribution in [0, 0.1) is 0 Å². The first-order valence-corrected chi connectivity index (χ1v) is 8.09. The van der Waals surface area contributed by atoms with Gasteiger partial charge in [0.25, 0.3) is 0 Å². The molecule has 1 N–H and O–H groups in total. The van der Waals surface area contributed by atoms with Gasteiger partial charge in [0.2, 0.25) is 0 Å². The summed E-state index contributed by atoms with van der Waals surface area (Å²) in [4.78, 5) is 0. The van der Waals surface area contributed by atoms with Gasteiger partial charge in [-0.15, -0.1) is 0 Å². The Morgan fingerprint density at radius 3 is 2.62 bits per heavy atom. The van der Waals surface area contributed by atoms with E-state index in [0.717, 1.165) is 5.69 Å². The summed E-state index contributed by atoms with van der Waals surface area (Å²) in [6.45, 7) is 4.31. The summed E-state index contributed by atoms with van der Waals surface area (Å²) in [6.07, 6.45) is 9.26. The SMILES string of the molecule is CC(C)n1cc(NC2CCCCC2c2ccccc2)cn1. The average molecular weight is 283 g/mol. The van der Waals surface area contributed by atoms with Gasteiger partial charge >= 0.3 is 0 Å². The Balaban J connectivity index is 1.75. The summed E-state index contributed by atoms with van der Waals surface area (Å²) in [7, 11) is 0. The summed E-state index contributed by atoms with van der Waals surface area (Å²) in [5, 5.41) is 8.15. The standard InChI is InChI=1S/C18H25N3/c1-14(2)21-13-16(12-19-21)20-18-11-7-6-10-17(18)15-8-4-3-5-9-15/h3-5,8-9,12-14,17-18,20H,6-7,10-11H2,1-2H3. The third-order valence-corrected chi connectivity index (χ3v) is 4.48. The van der Waals surface area contributed by atoms with Crippen molar-refractivity contribution >= 4 is 5.69 Å². The highest BCUT2D eigenvalue weighted by molar-refractivity contribution is 5.41. The predicted molar refractivity (Wildman–Crippen MR) is 87.7 cm³/mol. The van der Waals surface area contributed by atoms with Gasteiger partial charge in [-0.2, -0.15) is 5.10 Å². The molecule has 2 atom stereocenters. The van der Waals surface area contributed by atoms with E-state index in [4.69, 9.17) is 0 Å². The van der Waals surface area contributed by atoms with E-state index in [-0.39, 0.29) is 0 Å². The smallest absolute Gasteiger partial charge is 0.0728 e. The lowest BCUT2D eigenvalue weighted by Gasteiger charge is -2.33. The second-order valence-electron chi connectivity index (χ2n) is 6.36. The maximum atomic E-state index is 4.43. The molecule has 1 aliphatic carbocycles. The molecule has 0 spiro atoms. The van der Waals surface area contributed by atoms with Crippen LogP contribution in [0.25, 0.3) is 0 Å². The van der Waals surface area contributed by atoms with Crippen LogP contribution in [-0.2, 0) is 0 Å². The number of rotatable bonds is 4. The fraction of sp³-hybridized carbons (Fsp3) is 0.500. The van der Waals surface area contributed by atoms with Gasteiger partial charge in [-0.25, -0.2) is 0 Å². The van der Waals surface area contributed by atoms with Crippen molar-refractivity contribution in [1.82, 2.24) is 9.78 Å². The Bertz CT molecular complexity index is 559. The molecule has 1 aliphatic rings. The van der Waals surface area contributed by atoms with Crippen LogP contribution in [0.5, 0.6) is 0 Å². The Morgan fingerprint density at radius 1 is 1.14 bits per heavy atom. The van der Waals surface area contributed by atoms with Gasteiger partial charge in [0.05, 0.1) is 11.9 Å². The highest BCUT2D eigenvalue weighted by Gasteiger charge is 2.26. The minimum Gasteiger partial charge on any atom is -0.379 e. The van der Waals surface area contributed by atoms with Gasteiger partial charge < -0.3 is 5.32 Å². The van der Waals surface area contributed by atoms with E-state index >= 15 is 0 Å². The van der Waals surface area contributed by atoms with Gasteiger partial charge in [0, 0.05) is 24.2 Å². The zero-order chi connectivity index (χ0) is 14.7. The third kappa shape index (κ3) is 3.29. The van der Waals surface area contributed by atoms with Crippen LogP contribution in [0.1, 0.15) is 57.1 Å². The minimum atomic E-state index is 0.414. The van der Waals surface area contributed by atoms with Crippen LogP contribution < -0.4 is 5.32 Å². The largest absolute Gasteiger partial charge is 0.379 e. The van der Waals surface area contributed by atoms with Gasteiger partial charge in [-0.1, -0.05) is 43.2 Å². The maximum Gasteiger partial charge on any atom is 0.0728 e. The number of hydrogen-bond acceptors (Lipinski definition) is 2. The van der Waals surface area contributed by atoms with E-state index in [1.807, 2.05) is 10.9 Å². The number of nitrogens with zero attached hydrogens (tertiary/aromatic N) is 2. The van der Waals surface area contributed by atoms with Gasteiger partial charge in [-0.3, -0.25) is 4.68 Å². The lowest BCUT2D eigenvalue weighted by Crippen LogP contribution is -2.30. The summed E-state index contributed by atoms with van der Waals surface area (Å²) in [5.74, 6) is 0.613. The summed E-state index contributed by atoms with van der Waals surface area (Å²) < 4.78 is 2.02. The fourth-order valence-corrected chi connectivity index (χ4v) is 3.31. The van der Waals surface area contributed by atoms with Crippen molar-refractivity contribution < 1.29 is 0 Å². The predicted octanol–water partition coefficient (Wildman–Crippen LogP) is 4.60. The van der Waals surface area contributed by atoms with Crippen molar-refractivity contribution in [1.29, 1.82) is 0 Å². The van der Waals surface area contributed by atoms with Crippen LogP contribution in [0.15, 0.2) is 42.7 Å². The topological polar surface area (TPSA) is 29.9 Å². The molecule has 0 aliphatic heterocycles. The lowest BCUT2D eigenvalue weighted by molar-refractivity contribution is 0.405. The molecule has 112 valence electrons. The highest BCUT2D eigenvalue weighted by atomic mass is 15.3. The van der Waals surface area contributed by atoms with Crippen LogP contribution in [0.2, 0.25) is 0 Å². The minimum absolute atomic E-state index is 0.414. The third-order valence-electron chi connectivity index (χ3n) is 4.48. The Labute approximate surface area is 127 Å². The molecular weight excluding hydrogens is 258 g/mol. The van der Waals surface area contributed by atoms with Crippen molar-refractivity contribution in [2.75, 3.05) is 5.32 Å². The van der Waals surface area contributed by atoms with Crippen LogP contribution in [-0.4, -0.2) is 15.8 Å². The summed E-state index contributed by atoms with van der Waals surface area (Å²) >= 11 is 0. The monoisotopic (exact) mass is 283 g/mol. The van der Waals surface area contributed by atoms with E-state index in [2.05, 4.69) is 60.8 Å². The molecular formula is C18H25N3. The molecule has 0 saturated heterocycles.